The second kappa shape index (κ2) is 8.91. The molecule has 122 valence electrons. The van der Waals surface area contributed by atoms with Gasteiger partial charge in [-0.1, -0.05) is 30.3 Å². The van der Waals surface area contributed by atoms with Crippen molar-refractivity contribution in [1.82, 2.24) is 15.5 Å². The second-order valence-electron chi connectivity index (χ2n) is 6.45. The summed E-state index contributed by atoms with van der Waals surface area (Å²) >= 11 is 0. The van der Waals surface area contributed by atoms with Gasteiger partial charge in [0, 0.05) is 18.6 Å². The van der Waals surface area contributed by atoms with Crippen LogP contribution in [0.5, 0.6) is 0 Å². The molecule has 2 N–H and O–H groups in total. The Hall–Kier alpha value is -1.39. The Labute approximate surface area is 134 Å². The average Bonchev–Trinajstić information content (AvgIpc) is 2.52. The van der Waals surface area contributed by atoms with E-state index in [1.807, 2.05) is 13.8 Å². The fourth-order valence-corrected chi connectivity index (χ4v) is 2.90. The molecule has 1 aromatic rings. The Morgan fingerprint density at radius 3 is 2.55 bits per heavy atom. The standard InChI is InChI=1S/C18H29N3O/c1-15(2)20-18(22)14-19-17-9-12-21(13-10-17)11-8-16-6-4-3-5-7-16/h3-7,15,17,19H,8-14H2,1-2H3,(H,20,22). The zero-order valence-electron chi connectivity index (χ0n) is 13.8. The lowest BCUT2D eigenvalue weighted by Crippen LogP contribution is -2.46. The first kappa shape index (κ1) is 17.0. The van der Waals surface area contributed by atoms with Gasteiger partial charge in [0.1, 0.15) is 0 Å². The molecule has 1 saturated heterocycles. The zero-order chi connectivity index (χ0) is 15.8. The minimum atomic E-state index is 0.0986. The van der Waals surface area contributed by atoms with Crippen LogP contribution in [0.1, 0.15) is 32.3 Å². The minimum Gasteiger partial charge on any atom is -0.353 e. The van der Waals surface area contributed by atoms with Gasteiger partial charge in [0.25, 0.3) is 0 Å². The molecular formula is C18H29N3O. The van der Waals surface area contributed by atoms with Crippen LogP contribution in [0.25, 0.3) is 0 Å². The van der Waals surface area contributed by atoms with E-state index in [-0.39, 0.29) is 11.9 Å². The summed E-state index contributed by atoms with van der Waals surface area (Å²) in [5.74, 6) is 0.0986. The molecule has 1 amide bonds. The maximum absolute atomic E-state index is 11.6. The SMILES string of the molecule is CC(C)NC(=O)CNC1CCN(CCc2ccccc2)CC1. The van der Waals surface area contributed by atoms with Crippen LogP contribution in [0.4, 0.5) is 0 Å². The van der Waals surface area contributed by atoms with Gasteiger partial charge < -0.3 is 15.5 Å². The lowest BCUT2D eigenvalue weighted by molar-refractivity contribution is -0.120. The van der Waals surface area contributed by atoms with E-state index in [0.717, 1.165) is 38.9 Å². The van der Waals surface area contributed by atoms with Crippen LogP contribution in [0, 0.1) is 0 Å². The van der Waals surface area contributed by atoms with Crippen LogP contribution < -0.4 is 10.6 Å². The third-order valence-corrected chi connectivity index (χ3v) is 4.15. The minimum absolute atomic E-state index is 0.0986. The van der Waals surface area contributed by atoms with Crippen molar-refractivity contribution in [3.63, 3.8) is 0 Å². The van der Waals surface area contributed by atoms with Gasteiger partial charge in [-0.3, -0.25) is 4.79 Å². The molecule has 1 fully saturated rings. The molecule has 0 spiro atoms. The number of rotatable bonds is 7. The smallest absolute Gasteiger partial charge is 0.234 e. The van der Waals surface area contributed by atoms with Crippen molar-refractivity contribution in [2.24, 2.45) is 0 Å². The molecule has 1 heterocycles. The van der Waals surface area contributed by atoms with Gasteiger partial charge in [0.15, 0.2) is 0 Å². The molecule has 22 heavy (non-hydrogen) atoms. The Morgan fingerprint density at radius 1 is 1.23 bits per heavy atom. The van der Waals surface area contributed by atoms with E-state index < -0.39 is 0 Å². The first-order chi connectivity index (χ1) is 10.6. The van der Waals surface area contributed by atoms with E-state index in [2.05, 4.69) is 45.9 Å². The van der Waals surface area contributed by atoms with Crippen LogP contribution in [0.15, 0.2) is 30.3 Å². The van der Waals surface area contributed by atoms with Crippen LogP contribution in [0.2, 0.25) is 0 Å². The fraction of sp³-hybridized carbons (Fsp3) is 0.611. The molecule has 0 aromatic heterocycles. The quantitative estimate of drug-likeness (QED) is 0.807. The largest absolute Gasteiger partial charge is 0.353 e. The highest BCUT2D eigenvalue weighted by Gasteiger charge is 2.19. The number of carbonyl (C=O) groups is 1. The number of hydrogen-bond donors (Lipinski definition) is 2. The van der Waals surface area contributed by atoms with Gasteiger partial charge in [0.05, 0.1) is 6.54 Å². The molecule has 0 aliphatic carbocycles. The molecule has 1 aliphatic rings. The summed E-state index contributed by atoms with van der Waals surface area (Å²) in [7, 11) is 0. The van der Waals surface area contributed by atoms with Crippen LogP contribution in [-0.4, -0.2) is 49.1 Å². The van der Waals surface area contributed by atoms with E-state index in [4.69, 9.17) is 0 Å². The molecule has 4 heteroatoms. The van der Waals surface area contributed by atoms with Gasteiger partial charge in [-0.2, -0.15) is 0 Å². The first-order valence-electron chi connectivity index (χ1n) is 8.42. The third-order valence-electron chi connectivity index (χ3n) is 4.15. The number of piperidine rings is 1. The molecule has 4 nitrogen and oxygen atoms in total. The first-order valence-corrected chi connectivity index (χ1v) is 8.42. The van der Waals surface area contributed by atoms with E-state index >= 15 is 0 Å². The summed E-state index contributed by atoms with van der Waals surface area (Å²) in [4.78, 5) is 14.2. The number of nitrogens with one attached hydrogen (secondary N) is 2. The molecule has 0 unspecified atom stereocenters. The van der Waals surface area contributed by atoms with Crippen LogP contribution in [0.3, 0.4) is 0 Å². The highest BCUT2D eigenvalue weighted by atomic mass is 16.1. The zero-order valence-corrected chi connectivity index (χ0v) is 13.8. The van der Waals surface area contributed by atoms with Crippen molar-refractivity contribution < 1.29 is 4.79 Å². The second-order valence-corrected chi connectivity index (χ2v) is 6.45. The Balaban J connectivity index is 1.60. The van der Waals surface area contributed by atoms with E-state index in [1.165, 1.54) is 5.56 Å². The summed E-state index contributed by atoms with van der Waals surface area (Å²) < 4.78 is 0. The van der Waals surface area contributed by atoms with Crippen molar-refractivity contribution in [3.05, 3.63) is 35.9 Å². The number of hydrogen-bond acceptors (Lipinski definition) is 3. The van der Waals surface area contributed by atoms with Gasteiger partial charge in [-0.25, -0.2) is 0 Å². The van der Waals surface area contributed by atoms with Gasteiger partial charge >= 0.3 is 0 Å². The summed E-state index contributed by atoms with van der Waals surface area (Å²) in [5.41, 5.74) is 1.41. The van der Waals surface area contributed by atoms with Crippen LogP contribution in [-0.2, 0) is 11.2 Å². The third kappa shape index (κ3) is 6.16. The molecule has 0 bridgehead atoms. The Kier molecular flexibility index (Phi) is 6.87. The summed E-state index contributed by atoms with van der Waals surface area (Å²) in [6, 6.07) is 11.4. The molecule has 1 aromatic carbocycles. The normalized spacial score (nSPS) is 16.9. The number of likely N-dealkylation sites (tertiary alicyclic amines) is 1. The van der Waals surface area contributed by atoms with Gasteiger partial charge in [-0.05, 0) is 51.8 Å². The van der Waals surface area contributed by atoms with Gasteiger partial charge in [-0.15, -0.1) is 0 Å². The predicted octanol–water partition coefficient (Wildman–Crippen LogP) is 1.81. The topological polar surface area (TPSA) is 44.4 Å². The highest BCUT2D eigenvalue weighted by molar-refractivity contribution is 5.78. The van der Waals surface area contributed by atoms with Crippen molar-refractivity contribution in [2.45, 2.75) is 45.2 Å². The van der Waals surface area contributed by atoms with Gasteiger partial charge in [0.2, 0.25) is 5.91 Å². The van der Waals surface area contributed by atoms with Crippen molar-refractivity contribution in [3.8, 4) is 0 Å². The average molecular weight is 303 g/mol. The van der Waals surface area contributed by atoms with Crippen LogP contribution >= 0.6 is 0 Å². The lowest BCUT2D eigenvalue weighted by Gasteiger charge is -2.32. The Bertz CT molecular complexity index is 439. The molecule has 0 atom stereocenters. The summed E-state index contributed by atoms with van der Waals surface area (Å²) in [5, 5.41) is 6.30. The number of carbonyl (C=O) groups excluding carboxylic acids is 1. The van der Waals surface area contributed by atoms with E-state index in [9.17, 15) is 4.79 Å². The number of amides is 1. The maximum atomic E-state index is 11.6. The number of benzene rings is 1. The maximum Gasteiger partial charge on any atom is 0.234 e. The molecule has 0 saturated carbocycles. The monoisotopic (exact) mass is 303 g/mol. The number of nitrogens with zero attached hydrogens (tertiary/aromatic N) is 1. The summed E-state index contributed by atoms with van der Waals surface area (Å²) in [6.45, 7) is 7.79. The molecule has 0 radical (unpaired) electrons. The molecule has 2 rings (SSSR count). The van der Waals surface area contributed by atoms with Crippen molar-refractivity contribution in [2.75, 3.05) is 26.2 Å². The van der Waals surface area contributed by atoms with Crippen molar-refractivity contribution in [1.29, 1.82) is 0 Å². The van der Waals surface area contributed by atoms with E-state index in [1.54, 1.807) is 0 Å². The van der Waals surface area contributed by atoms with E-state index in [0.29, 0.717) is 12.6 Å². The molecule has 1 aliphatic heterocycles. The predicted molar refractivity (Wildman–Crippen MR) is 90.9 cm³/mol. The summed E-state index contributed by atoms with van der Waals surface area (Å²) in [6.07, 6.45) is 3.38. The Morgan fingerprint density at radius 2 is 1.91 bits per heavy atom. The van der Waals surface area contributed by atoms with Crippen molar-refractivity contribution >= 4 is 5.91 Å². The lowest BCUT2D eigenvalue weighted by atomic mass is 10.0. The highest BCUT2D eigenvalue weighted by Crippen LogP contribution is 2.11. The fourth-order valence-electron chi connectivity index (χ4n) is 2.90. The molecular weight excluding hydrogens is 274 g/mol.